The van der Waals surface area contributed by atoms with Crippen LogP contribution in [-0.4, -0.2) is 16.2 Å². The lowest BCUT2D eigenvalue weighted by Crippen LogP contribution is -2.32. The number of hydrogen-bond donors (Lipinski definition) is 2. The lowest BCUT2D eigenvalue weighted by atomic mass is 9.96. The van der Waals surface area contributed by atoms with Gasteiger partial charge in [-0.2, -0.15) is 0 Å². The van der Waals surface area contributed by atoms with Gasteiger partial charge in [0.15, 0.2) is 0 Å². The molecule has 0 aliphatic heterocycles. The average molecular weight is 278 g/mol. The number of nitrogens with zero attached hydrogens (tertiary/aromatic N) is 2. The molecule has 7 heteroatoms. The number of nitrogens with one attached hydrogen (secondary N) is 1. The summed E-state index contributed by atoms with van der Waals surface area (Å²) >= 11 is 0. The highest BCUT2D eigenvalue weighted by Crippen LogP contribution is 2.22. The second-order valence-corrected chi connectivity index (χ2v) is 4.74. The number of halogens is 1. The van der Waals surface area contributed by atoms with Gasteiger partial charge in [-0.3, -0.25) is 4.79 Å². The summed E-state index contributed by atoms with van der Waals surface area (Å²) in [6.45, 7) is 3.89. The number of hydrogen-bond acceptors (Lipinski definition) is 5. The Morgan fingerprint density at radius 1 is 1.30 bits per heavy atom. The minimum Gasteiger partial charge on any atom is -0.379 e. The summed E-state index contributed by atoms with van der Waals surface area (Å²) in [4.78, 5) is 12.1. The lowest BCUT2D eigenvalue weighted by molar-refractivity contribution is 0.0916. The fourth-order valence-electron chi connectivity index (χ4n) is 1.87. The molecule has 0 radical (unpaired) electrons. The largest absolute Gasteiger partial charge is 0.379 e. The zero-order chi connectivity index (χ0) is 14.7. The van der Waals surface area contributed by atoms with E-state index >= 15 is 0 Å². The molecule has 1 aromatic carbocycles. The van der Waals surface area contributed by atoms with Crippen molar-refractivity contribution in [3.05, 3.63) is 41.3 Å². The molecule has 3 N–H and O–H groups in total. The van der Waals surface area contributed by atoms with Crippen LogP contribution in [0.5, 0.6) is 0 Å². The summed E-state index contributed by atoms with van der Waals surface area (Å²) in [6.07, 6.45) is 0. The predicted octanol–water partition coefficient (Wildman–Crippen LogP) is 1.92. The van der Waals surface area contributed by atoms with Gasteiger partial charge >= 0.3 is 0 Å². The van der Waals surface area contributed by atoms with Crippen molar-refractivity contribution >= 4 is 11.7 Å². The number of benzene rings is 1. The molecule has 0 saturated heterocycles. The van der Waals surface area contributed by atoms with Crippen LogP contribution in [0, 0.1) is 11.7 Å². The quantitative estimate of drug-likeness (QED) is 0.891. The third-order valence-corrected chi connectivity index (χ3v) is 2.91. The molecule has 0 aliphatic carbocycles. The zero-order valence-electron chi connectivity index (χ0n) is 11.1. The number of anilines is 1. The van der Waals surface area contributed by atoms with Crippen LogP contribution in [0.2, 0.25) is 0 Å². The van der Waals surface area contributed by atoms with Crippen LogP contribution in [0.1, 0.15) is 35.9 Å². The van der Waals surface area contributed by atoms with E-state index in [1.165, 1.54) is 12.1 Å². The molecule has 2 rings (SSSR count). The van der Waals surface area contributed by atoms with Gasteiger partial charge in [-0.1, -0.05) is 26.0 Å². The highest BCUT2D eigenvalue weighted by atomic mass is 19.1. The van der Waals surface area contributed by atoms with E-state index in [-0.39, 0.29) is 29.3 Å². The molecule has 0 bridgehead atoms. The first-order valence-electron chi connectivity index (χ1n) is 6.13. The van der Waals surface area contributed by atoms with E-state index in [2.05, 4.69) is 20.3 Å². The molecule has 0 fully saturated rings. The Morgan fingerprint density at radius 2 is 1.95 bits per heavy atom. The van der Waals surface area contributed by atoms with E-state index in [4.69, 9.17) is 5.73 Å². The van der Waals surface area contributed by atoms with Crippen LogP contribution in [0.25, 0.3) is 0 Å². The fourth-order valence-corrected chi connectivity index (χ4v) is 1.87. The van der Waals surface area contributed by atoms with Gasteiger partial charge in [0, 0.05) is 0 Å². The van der Waals surface area contributed by atoms with Crippen molar-refractivity contribution in [3.8, 4) is 0 Å². The Kier molecular flexibility index (Phi) is 3.97. The Balaban J connectivity index is 2.20. The number of carbonyl (C=O) groups is 1. The standard InChI is InChI=1S/C13H15FN4O2/c1-7(2)10(8-3-5-9(14)6-4-8)16-13(19)11-12(15)18-20-17-11/h3-7,10H,1-2H3,(H2,15,18)(H,16,19). The highest BCUT2D eigenvalue weighted by molar-refractivity contribution is 5.96. The SMILES string of the molecule is CC(C)C(NC(=O)c1nonc1N)c1ccc(F)cc1. The maximum Gasteiger partial charge on any atom is 0.277 e. The molecule has 1 heterocycles. The predicted molar refractivity (Wildman–Crippen MR) is 70.2 cm³/mol. The first-order valence-corrected chi connectivity index (χ1v) is 6.13. The van der Waals surface area contributed by atoms with E-state index in [1.54, 1.807) is 12.1 Å². The lowest BCUT2D eigenvalue weighted by Gasteiger charge is -2.22. The fraction of sp³-hybridized carbons (Fsp3) is 0.308. The number of amides is 1. The zero-order valence-corrected chi connectivity index (χ0v) is 11.1. The molecule has 6 nitrogen and oxygen atoms in total. The Labute approximate surface area is 115 Å². The molecule has 2 aromatic rings. The first kappa shape index (κ1) is 14.0. The van der Waals surface area contributed by atoms with Crippen molar-refractivity contribution < 1.29 is 13.8 Å². The topological polar surface area (TPSA) is 94.0 Å². The van der Waals surface area contributed by atoms with Crippen molar-refractivity contribution in [2.24, 2.45) is 5.92 Å². The third kappa shape index (κ3) is 2.93. The minimum absolute atomic E-state index is 0.0576. The van der Waals surface area contributed by atoms with Gasteiger partial charge in [0.1, 0.15) is 5.82 Å². The van der Waals surface area contributed by atoms with E-state index in [1.807, 2.05) is 13.8 Å². The van der Waals surface area contributed by atoms with Crippen LogP contribution in [0.3, 0.4) is 0 Å². The number of nitrogens with two attached hydrogens (primary N) is 1. The van der Waals surface area contributed by atoms with Crippen LogP contribution in [-0.2, 0) is 0 Å². The van der Waals surface area contributed by atoms with Gasteiger partial charge < -0.3 is 11.1 Å². The van der Waals surface area contributed by atoms with Gasteiger partial charge in [-0.05, 0) is 33.9 Å². The van der Waals surface area contributed by atoms with Gasteiger partial charge in [0.2, 0.25) is 11.5 Å². The number of aromatic nitrogens is 2. The Hall–Kier alpha value is -2.44. The molecule has 0 aliphatic rings. The molecule has 106 valence electrons. The van der Waals surface area contributed by atoms with Crippen LogP contribution < -0.4 is 11.1 Å². The van der Waals surface area contributed by atoms with Crippen molar-refractivity contribution in [1.82, 2.24) is 15.6 Å². The normalized spacial score (nSPS) is 12.4. The summed E-state index contributed by atoms with van der Waals surface area (Å²) in [5, 5.41) is 9.60. The van der Waals surface area contributed by atoms with Crippen LogP contribution >= 0.6 is 0 Å². The third-order valence-electron chi connectivity index (χ3n) is 2.91. The summed E-state index contributed by atoms with van der Waals surface area (Å²) < 4.78 is 17.3. The van der Waals surface area contributed by atoms with Crippen molar-refractivity contribution in [2.75, 3.05) is 5.73 Å². The van der Waals surface area contributed by atoms with Gasteiger partial charge in [-0.25, -0.2) is 9.02 Å². The molecule has 0 spiro atoms. The van der Waals surface area contributed by atoms with Crippen LogP contribution in [0.15, 0.2) is 28.9 Å². The molecule has 20 heavy (non-hydrogen) atoms. The van der Waals surface area contributed by atoms with Crippen molar-refractivity contribution in [2.45, 2.75) is 19.9 Å². The number of carbonyl (C=O) groups excluding carboxylic acids is 1. The average Bonchev–Trinajstić information content (AvgIpc) is 2.83. The second kappa shape index (κ2) is 5.68. The van der Waals surface area contributed by atoms with E-state index < -0.39 is 5.91 Å². The number of nitrogen functional groups attached to an aromatic ring is 1. The monoisotopic (exact) mass is 278 g/mol. The molecular weight excluding hydrogens is 263 g/mol. The van der Waals surface area contributed by atoms with E-state index in [9.17, 15) is 9.18 Å². The maximum absolute atomic E-state index is 13.0. The minimum atomic E-state index is -0.480. The van der Waals surface area contributed by atoms with Crippen LogP contribution in [0.4, 0.5) is 10.2 Å². The van der Waals surface area contributed by atoms with Gasteiger partial charge in [0.25, 0.3) is 5.91 Å². The molecule has 1 atom stereocenters. The molecular formula is C13H15FN4O2. The maximum atomic E-state index is 13.0. The smallest absolute Gasteiger partial charge is 0.277 e. The first-order chi connectivity index (χ1) is 9.49. The van der Waals surface area contributed by atoms with E-state index in [0.29, 0.717) is 0 Å². The van der Waals surface area contributed by atoms with Gasteiger partial charge in [0.05, 0.1) is 6.04 Å². The molecule has 0 saturated carbocycles. The van der Waals surface area contributed by atoms with E-state index in [0.717, 1.165) is 5.56 Å². The summed E-state index contributed by atoms with van der Waals surface area (Å²) in [7, 11) is 0. The summed E-state index contributed by atoms with van der Waals surface area (Å²) in [5.41, 5.74) is 6.21. The Bertz CT molecular complexity index is 595. The van der Waals surface area contributed by atoms with Gasteiger partial charge in [-0.15, -0.1) is 0 Å². The number of rotatable bonds is 4. The van der Waals surface area contributed by atoms with Crippen molar-refractivity contribution in [1.29, 1.82) is 0 Å². The van der Waals surface area contributed by atoms with Crippen molar-refractivity contribution in [3.63, 3.8) is 0 Å². The molecule has 1 unspecified atom stereocenters. The Morgan fingerprint density at radius 3 is 2.45 bits per heavy atom. The second-order valence-electron chi connectivity index (χ2n) is 4.74. The molecule has 1 aromatic heterocycles. The highest BCUT2D eigenvalue weighted by Gasteiger charge is 2.23. The summed E-state index contributed by atoms with van der Waals surface area (Å²) in [6, 6.07) is 5.67. The summed E-state index contributed by atoms with van der Waals surface area (Å²) in [5.74, 6) is -0.770. The molecule has 1 amide bonds.